The molecule has 0 saturated heterocycles. The van der Waals surface area contributed by atoms with Gasteiger partial charge in [0.1, 0.15) is 16.7 Å². The number of fused-ring (bicyclic) bond motifs is 1. The average molecular weight is 526 g/mol. The summed E-state index contributed by atoms with van der Waals surface area (Å²) >= 11 is 3.37. The van der Waals surface area contributed by atoms with E-state index < -0.39 is 22.2 Å². The predicted molar refractivity (Wildman–Crippen MR) is 126 cm³/mol. The van der Waals surface area contributed by atoms with Crippen molar-refractivity contribution in [2.75, 3.05) is 32.1 Å². The van der Waals surface area contributed by atoms with Gasteiger partial charge in [-0.15, -0.1) is 0 Å². The molecule has 3 rings (SSSR count). The molecule has 0 fully saturated rings. The number of hydrogen-bond donors (Lipinski definition) is 2. The van der Waals surface area contributed by atoms with Gasteiger partial charge < -0.3 is 20.1 Å². The summed E-state index contributed by atoms with van der Waals surface area (Å²) in [4.78, 5) is 14.2. The van der Waals surface area contributed by atoms with E-state index in [0.29, 0.717) is 10.2 Å². The molecule has 1 aliphatic heterocycles. The van der Waals surface area contributed by atoms with Crippen molar-refractivity contribution >= 4 is 37.7 Å². The van der Waals surface area contributed by atoms with Crippen LogP contribution in [0.2, 0.25) is 0 Å². The Kier molecular flexibility index (Phi) is 7.81. The first-order chi connectivity index (χ1) is 15.1. The van der Waals surface area contributed by atoms with E-state index in [1.54, 1.807) is 38.2 Å². The summed E-state index contributed by atoms with van der Waals surface area (Å²) in [6.07, 6.45) is -0.474. The van der Waals surface area contributed by atoms with E-state index in [2.05, 4.69) is 21.2 Å². The summed E-state index contributed by atoms with van der Waals surface area (Å²) in [7, 11) is -2.21. The van der Waals surface area contributed by atoms with Crippen LogP contribution < -0.4 is 10.1 Å². The number of carbonyl (C=O) groups is 1. The molecule has 0 saturated carbocycles. The number of sulfonamides is 1. The molecule has 0 aliphatic carbocycles. The van der Waals surface area contributed by atoms with E-state index in [-0.39, 0.29) is 42.3 Å². The molecule has 0 radical (unpaired) electrons. The van der Waals surface area contributed by atoms with Crippen molar-refractivity contribution in [3.05, 3.63) is 53.0 Å². The van der Waals surface area contributed by atoms with Crippen LogP contribution in [-0.4, -0.2) is 67.7 Å². The number of aliphatic hydroxyl groups excluding tert-OH is 1. The molecule has 2 N–H and O–H groups in total. The third kappa shape index (κ3) is 5.43. The van der Waals surface area contributed by atoms with E-state index in [0.717, 1.165) is 0 Å². The fourth-order valence-electron chi connectivity index (χ4n) is 3.51. The second-order valence-corrected chi connectivity index (χ2v) is 10.8. The largest absolute Gasteiger partial charge is 0.487 e. The van der Waals surface area contributed by atoms with Crippen LogP contribution in [-0.2, 0) is 10.0 Å². The highest BCUT2D eigenvalue weighted by atomic mass is 79.9. The van der Waals surface area contributed by atoms with Crippen LogP contribution in [0.1, 0.15) is 13.8 Å². The molecule has 0 aromatic heterocycles. The lowest BCUT2D eigenvalue weighted by atomic mass is 10.0. The maximum absolute atomic E-state index is 13.3. The lowest BCUT2D eigenvalue weighted by Crippen LogP contribution is -2.50. The van der Waals surface area contributed by atoms with Crippen LogP contribution in [0.4, 0.5) is 10.5 Å². The number of ether oxygens (including phenoxy) is 1. The maximum Gasteiger partial charge on any atom is 0.321 e. The quantitative estimate of drug-likeness (QED) is 0.623. The highest BCUT2D eigenvalue weighted by Crippen LogP contribution is 2.35. The van der Waals surface area contributed by atoms with Gasteiger partial charge in [-0.3, -0.25) is 0 Å². The van der Waals surface area contributed by atoms with Crippen molar-refractivity contribution in [1.29, 1.82) is 0 Å². The summed E-state index contributed by atoms with van der Waals surface area (Å²) in [5.41, 5.74) is 0.680. The van der Waals surface area contributed by atoms with E-state index in [4.69, 9.17) is 4.74 Å². The third-order valence-electron chi connectivity index (χ3n) is 5.45. The fourth-order valence-corrected chi connectivity index (χ4v) is 5.68. The number of halogens is 1. The van der Waals surface area contributed by atoms with E-state index in [9.17, 15) is 18.3 Å². The molecule has 2 aromatic carbocycles. The number of anilines is 1. The van der Waals surface area contributed by atoms with Gasteiger partial charge in [-0.1, -0.05) is 41.1 Å². The van der Waals surface area contributed by atoms with Gasteiger partial charge in [0.15, 0.2) is 0 Å². The number of nitrogens with one attached hydrogen (secondary N) is 1. The Morgan fingerprint density at radius 3 is 2.66 bits per heavy atom. The number of urea groups is 1. The Morgan fingerprint density at radius 2 is 2.00 bits per heavy atom. The number of rotatable bonds is 5. The molecule has 1 heterocycles. The second kappa shape index (κ2) is 10.2. The Labute approximate surface area is 197 Å². The van der Waals surface area contributed by atoms with Crippen LogP contribution in [0.15, 0.2) is 57.9 Å². The SMILES string of the molecule is C[C@H](CO)N1C[C@H](C)[C@@H](CN(C)C(=O)Nc2ccccc2)Oc2cc(Br)ccc2S1(=O)=O. The molecule has 2 amide bonds. The number of para-hydroxylation sites is 1. The summed E-state index contributed by atoms with van der Waals surface area (Å²) < 4.78 is 34.8. The molecule has 2 aromatic rings. The Hall–Kier alpha value is -2.14. The van der Waals surface area contributed by atoms with Gasteiger partial charge >= 0.3 is 6.03 Å². The van der Waals surface area contributed by atoms with Gasteiger partial charge in [0.2, 0.25) is 10.0 Å². The second-order valence-electron chi connectivity index (χ2n) is 8.01. The normalized spacial score (nSPS) is 21.4. The number of benzene rings is 2. The summed E-state index contributed by atoms with van der Waals surface area (Å²) in [6, 6.07) is 13.0. The molecule has 0 spiro atoms. The van der Waals surface area contributed by atoms with Crippen molar-refractivity contribution in [3.63, 3.8) is 0 Å². The minimum Gasteiger partial charge on any atom is -0.487 e. The summed E-state index contributed by atoms with van der Waals surface area (Å²) in [5, 5.41) is 12.5. The molecule has 32 heavy (non-hydrogen) atoms. The molecule has 0 bridgehead atoms. The molecule has 8 nitrogen and oxygen atoms in total. The first-order valence-corrected chi connectivity index (χ1v) is 12.5. The van der Waals surface area contributed by atoms with Crippen LogP contribution in [0.5, 0.6) is 5.75 Å². The van der Waals surface area contributed by atoms with E-state index >= 15 is 0 Å². The van der Waals surface area contributed by atoms with Crippen molar-refractivity contribution in [3.8, 4) is 5.75 Å². The minimum atomic E-state index is -3.88. The fraction of sp³-hybridized carbons (Fsp3) is 0.409. The Bertz CT molecular complexity index is 1050. The molecule has 10 heteroatoms. The highest BCUT2D eigenvalue weighted by Gasteiger charge is 2.38. The van der Waals surface area contributed by atoms with Crippen molar-refractivity contribution in [1.82, 2.24) is 9.21 Å². The Morgan fingerprint density at radius 1 is 1.31 bits per heavy atom. The number of likely N-dealkylation sites (N-methyl/N-ethyl adjacent to an activating group) is 1. The summed E-state index contributed by atoms with van der Waals surface area (Å²) in [5.74, 6) is -0.0409. The number of carbonyl (C=O) groups excluding carboxylic acids is 1. The molecule has 174 valence electrons. The average Bonchev–Trinajstić information content (AvgIpc) is 2.76. The first-order valence-electron chi connectivity index (χ1n) is 10.3. The zero-order chi connectivity index (χ0) is 23.5. The number of aliphatic hydroxyl groups is 1. The van der Waals surface area contributed by atoms with Gasteiger partial charge in [0.25, 0.3) is 0 Å². The lowest BCUT2D eigenvalue weighted by Gasteiger charge is -2.37. The topological polar surface area (TPSA) is 99.2 Å². The highest BCUT2D eigenvalue weighted by molar-refractivity contribution is 9.10. The minimum absolute atomic E-state index is 0.0364. The van der Waals surface area contributed by atoms with Crippen LogP contribution in [0, 0.1) is 5.92 Å². The van der Waals surface area contributed by atoms with Gasteiger partial charge in [-0.25, -0.2) is 13.2 Å². The van der Waals surface area contributed by atoms with Crippen LogP contribution >= 0.6 is 15.9 Å². The van der Waals surface area contributed by atoms with E-state index in [1.165, 1.54) is 15.3 Å². The monoisotopic (exact) mass is 525 g/mol. The molecular formula is C22H28BrN3O5S. The maximum atomic E-state index is 13.3. The van der Waals surface area contributed by atoms with Gasteiger partial charge in [-0.05, 0) is 37.3 Å². The first kappa shape index (κ1) is 24.5. The summed E-state index contributed by atoms with van der Waals surface area (Å²) in [6.45, 7) is 3.64. The number of amides is 2. The smallest absolute Gasteiger partial charge is 0.321 e. The standard InChI is InChI=1S/C22H28BrN3O5S/c1-15-12-26(16(2)14-27)32(29,30)21-10-9-17(23)11-19(21)31-20(15)13-25(3)22(28)24-18-7-5-4-6-8-18/h4-11,15-16,20,27H,12-14H2,1-3H3,(H,24,28)/t15-,16+,20+/m0/s1. The Balaban J connectivity index is 1.89. The lowest BCUT2D eigenvalue weighted by molar-refractivity contribution is 0.0829. The van der Waals surface area contributed by atoms with Crippen molar-refractivity contribution < 1.29 is 23.1 Å². The number of hydrogen-bond acceptors (Lipinski definition) is 5. The van der Waals surface area contributed by atoms with Crippen LogP contribution in [0.25, 0.3) is 0 Å². The van der Waals surface area contributed by atoms with Gasteiger partial charge in [0, 0.05) is 35.7 Å². The predicted octanol–water partition coefficient (Wildman–Crippen LogP) is 3.38. The molecule has 3 atom stereocenters. The van der Waals surface area contributed by atoms with Gasteiger partial charge in [-0.2, -0.15) is 4.31 Å². The zero-order valence-corrected chi connectivity index (χ0v) is 20.6. The third-order valence-corrected chi connectivity index (χ3v) is 7.97. The van der Waals surface area contributed by atoms with Crippen LogP contribution in [0.3, 0.4) is 0 Å². The molecule has 0 unspecified atom stereocenters. The molecule has 1 aliphatic rings. The van der Waals surface area contributed by atoms with Crippen molar-refractivity contribution in [2.24, 2.45) is 5.92 Å². The molecular weight excluding hydrogens is 498 g/mol. The van der Waals surface area contributed by atoms with Gasteiger partial charge in [0.05, 0.1) is 13.2 Å². The zero-order valence-electron chi connectivity index (χ0n) is 18.2. The number of nitrogens with zero attached hydrogens (tertiary/aromatic N) is 2. The van der Waals surface area contributed by atoms with Crippen molar-refractivity contribution in [2.45, 2.75) is 30.9 Å². The van der Waals surface area contributed by atoms with E-state index in [1.807, 2.05) is 25.1 Å².